The van der Waals surface area contributed by atoms with Gasteiger partial charge in [0.25, 0.3) is 5.91 Å². The Morgan fingerprint density at radius 3 is 2.65 bits per heavy atom. The van der Waals surface area contributed by atoms with E-state index >= 15 is 0 Å². The summed E-state index contributed by atoms with van der Waals surface area (Å²) in [6, 6.07) is 9.43. The van der Waals surface area contributed by atoms with Crippen molar-refractivity contribution in [3.63, 3.8) is 0 Å². The Morgan fingerprint density at radius 1 is 1.25 bits per heavy atom. The first-order valence-electron chi connectivity index (χ1n) is 6.81. The fourth-order valence-electron chi connectivity index (χ4n) is 2.83. The first-order valence-corrected chi connectivity index (χ1v) is 6.81. The van der Waals surface area contributed by atoms with Crippen LogP contribution in [0.2, 0.25) is 0 Å². The van der Waals surface area contributed by atoms with Gasteiger partial charge in [-0.05, 0) is 31.4 Å². The number of hydrogen-bond donors (Lipinski definition) is 0. The number of nitriles is 1. The van der Waals surface area contributed by atoms with Crippen LogP contribution in [0.1, 0.15) is 48.5 Å². The van der Waals surface area contributed by atoms with E-state index in [4.69, 9.17) is 5.26 Å². The molecule has 4 nitrogen and oxygen atoms in total. The molecule has 0 aromatic heterocycles. The molecule has 1 aromatic rings. The molecule has 2 rings (SSSR count). The maximum atomic E-state index is 12.5. The molecule has 2 amide bonds. The van der Waals surface area contributed by atoms with Gasteiger partial charge in [-0.2, -0.15) is 5.26 Å². The molecule has 0 N–H and O–H groups in total. The van der Waals surface area contributed by atoms with E-state index in [1.165, 1.54) is 11.9 Å². The van der Waals surface area contributed by atoms with Gasteiger partial charge in [0.05, 0.1) is 11.5 Å². The van der Waals surface area contributed by atoms with Crippen molar-refractivity contribution in [3.8, 4) is 6.07 Å². The van der Waals surface area contributed by atoms with Crippen LogP contribution in [0, 0.1) is 11.3 Å². The van der Waals surface area contributed by atoms with Gasteiger partial charge < -0.3 is 0 Å². The zero-order chi connectivity index (χ0) is 14.8. The lowest BCUT2D eigenvalue weighted by atomic mass is 9.72. The second kappa shape index (κ2) is 5.46. The minimum atomic E-state index is -0.672. The Hall–Kier alpha value is -2.15. The van der Waals surface area contributed by atoms with Gasteiger partial charge in [-0.25, -0.2) is 0 Å². The number of imide groups is 1. The summed E-state index contributed by atoms with van der Waals surface area (Å²) in [5.41, 5.74) is 0.747. The molecule has 0 saturated heterocycles. The largest absolute Gasteiger partial charge is 0.281 e. The molecule has 20 heavy (non-hydrogen) atoms. The zero-order valence-corrected chi connectivity index (χ0v) is 11.8. The highest BCUT2D eigenvalue weighted by Crippen LogP contribution is 2.38. The number of carbonyl (C=O) groups is 2. The lowest BCUT2D eigenvalue weighted by molar-refractivity contribution is -0.134. The van der Waals surface area contributed by atoms with Crippen LogP contribution in [-0.2, 0) is 10.2 Å². The summed E-state index contributed by atoms with van der Waals surface area (Å²) in [4.78, 5) is 25.9. The molecule has 0 aliphatic carbocycles. The highest BCUT2D eigenvalue weighted by Gasteiger charge is 2.45. The van der Waals surface area contributed by atoms with Crippen LogP contribution in [0.4, 0.5) is 0 Å². The summed E-state index contributed by atoms with van der Waals surface area (Å²) in [6.07, 6.45) is 2.73. The van der Waals surface area contributed by atoms with Gasteiger partial charge in [-0.3, -0.25) is 14.5 Å². The topological polar surface area (TPSA) is 61.2 Å². The van der Waals surface area contributed by atoms with Crippen LogP contribution in [-0.4, -0.2) is 23.8 Å². The Morgan fingerprint density at radius 2 is 1.95 bits per heavy atom. The van der Waals surface area contributed by atoms with Gasteiger partial charge in [0, 0.05) is 19.0 Å². The molecular weight excluding hydrogens is 252 g/mol. The summed E-state index contributed by atoms with van der Waals surface area (Å²) in [7, 11) is 1.54. The van der Waals surface area contributed by atoms with Gasteiger partial charge in [0.15, 0.2) is 0 Å². The van der Waals surface area contributed by atoms with Crippen molar-refractivity contribution >= 4 is 11.8 Å². The van der Waals surface area contributed by atoms with Gasteiger partial charge in [0.2, 0.25) is 5.91 Å². The normalized spacial score (nSPS) is 21.6. The molecule has 4 heteroatoms. The van der Waals surface area contributed by atoms with Crippen molar-refractivity contribution in [2.24, 2.45) is 0 Å². The molecule has 1 aromatic carbocycles. The van der Waals surface area contributed by atoms with Crippen molar-refractivity contribution in [2.45, 2.75) is 38.0 Å². The molecule has 0 fully saturated rings. The third-order valence-electron chi connectivity index (χ3n) is 4.05. The van der Waals surface area contributed by atoms with Crippen molar-refractivity contribution < 1.29 is 9.59 Å². The highest BCUT2D eigenvalue weighted by atomic mass is 16.2. The van der Waals surface area contributed by atoms with Crippen molar-refractivity contribution in [2.75, 3.05) is 7.05 Å². The molecule has 0 spiro atoms. The Labute approximate surface area is 119 Å². The zero-order valence-electron chi connectivity index (χ0n) is 11.8. The van der Waals surface area contributed by atoms with E-state index in [-0.39, 0.29) is 11.8 Å². The van der Waals surface area contributed by atoms with Gasteiger partial charge >= 0.3 is 0 Å². The first-order chi connectivity index (χ1) is 9.52. The maximum Gasteiger partial charge on any atom is 0.260 e. The van der Waals surface area contributed by atoms with E-state index in [9.17, 15) is 9.59 Å². The van der Waals surface area contributed by atoms with E-state index in [2.05, 4.69) is 6.07 Å². The van der Waals surface area contributed by atoms with E-state index in [0.29, 0.717) is 18.4 Å². The average Bonchev–Trinajstić information content (AvgIpc) is 2.48. The smallest absolute Gasteiger partial charge is 0.260 e. The molecule has 1 unspecified atom stereocenters. The van der Waals surface area contributed by atoms with Crippen LogP contribution >= 0.6 is 0 Å². The van der Waals surface area contributed by atoms with Crippen LogP contribution < -0.4 is 0 Å². The molecule has 0 radical (unpaired) electrons. The van der Waals surface area contributed by atoms with Gasteiger partial charge in [-0.1, -0.05) is 24.6 Å². The molecular formula is C16H18N2O2. The van der Waals surface area contributed by atoms with Gasteiger partial charge in [-0.15, -0.1) is 0 Å². The minimum absolute atomic E-state index is 0.154. The third kappa shape index (κ3) is 2.20. The van der Waals surface area contributed by atoms with E-state index < -0.39 is 5.41 Å². The molecule has 0 bridgehead atoms. The molecule has 104 valence electrons. The number of hydrogen-bond acceptors (Lipinski definition) is 3. The Kier molecular flexibility index (Phi) is 3.89. The summed E-state index contributed by atoms with van der Waals surface area (Å²) in [5.74, 6) is -0.391. The van der Waals surface area contributed by atoms with E-state index in [0.717, 1.165) is 18.4 Å². The molecule has 1 aliphatic heterocycles. The predicted molar refractivity (Wildman–Crippen MR) is 75.0 cm³/mol. The molecule has 1 atom stereocenters. The minimum Gasteiger partial charge on any atom is -0.281 e. The molecule has 1 aliphatic rings. The van der Waals surface area contributed by atoms with E-state index in [1.54, 1.807) is 6.07 Å². The summed E-state index contributed by atoms with van der Waals surface area (Å²) in [5, 5.41) is 8.58. The SMILES string of the molecule is CN1C(=O)c2ccccc2C(C)(CCCCC#N)C1=O. The standard InChI is InChI=1S/C16H18N2O2/c1-16(10-6-3-7-11-17)13-9-5-4-8-12(13)14(19)18(2)15(16)20/h4-5,8-9H,3,6-7,10H2,1-2H3. The van der Waals surface area contributed by atoms with Gasteiger partial charge in [0.1, 0.15) is 0 Å². The average molecular weight is 270 g/mol. The lowest BCUT2D eigenvalue weighted by Gasteiger charge is -2.38. The Bertz CT molecular complexity index is 588. The number of carbonyl (C=O) groups excluding carboxylic acids is 2. The third-order valence-corrected chi connectivity index (χ3v) is 4.05. The fraction of sp³-hybridized carbons (Fsp3) is 0.438. The number of amides is 2. The quantitative estimate of drug-likeness (QED) is 0.624. The van der Waals surface area contributed by atoms with E-state index in [1.807, 2.05) is 25.1 Å². The number of unbranched alkanes of at least 4 members (excludes halogenated alkanes) is 2. The number of likely N-dealkylation sites (N-methyl/N-ethyl adjacent to an activating group) is 1. The van der Waals surface area contributed by atoms with Crippen LogP contribution in [0.5, 0.6) is 0 Å². The van der Waals surface area contributed by atoms with Crippen molar-refractivity contribution in [1.82, 2.24) is 4.90 Å². The molecule has 1 heterocycles. The number of rotatable bonds is 4. The highest BCUT2D eigenvalue weighted by molar-refractivity contribution is 6.12. The lowest BCUT2D eigenvalue weighted by Crippen LogP contribution is -2.51. The van der Waals surface area contributed by atoms with Crippen molar-refractivity contribution in [3.05, 3.63) is 35.4 Å². The predicted octanol–water partition coefficient (Wildman–Crippen LogP) is 2.64. The fourth-order valence-corrected chi connectivity index (χ4v) is 2.83. The second-order valence-electron chi connectivity index (χ2n) is 5.41. The monoisotopic (exact) mass is 270 g/mol. The van der Waals surface area contributed by atoms with Crippen molar-refractivity contribution in [1.29, 1.82) is 5.26 Å². The number of benzene rings is 1. The Balaban J connectivity index is 2.36. The number of fused-ring (bicyclic) bond motifs is 1. The van der Waals surface area contributed by atoms with Crippen LogP contribution in [0.25, 0.3) is 0 Å². The summed E-state index contributed by atoms with van der Waals surface area (Å²) < 4.78 is 0. The van der Waals surface area contributed by atoms with Crippen LogP contribution in [0.15, 0.2) is 24.3 Å². The maximum absolute atomic E-state index is 12.5. The first kappa shape index (κ1) is 14.3. The number of nitrogens with zero attached hydrogens (tertiary/aromatic N) is 2. The second-order valence-corrected chi connectivity index (χ2v) is 5.41. The summed E-state index contributed by atoms with van der Waals surface area (Å²) in [6.45, 7) is 1.89. The van der Waals surface area contributed by atoms with Crippen LogP contribution in [0.3, 0.4) is 0 Å². The molecule has 0 saturated carbocycles. The summed E-state index contributed by atoms with van der Waals surface area (Å²) >= 11 is 0.